The molecule has 0 radical (unpaired) electrons. The lowest BCUT2D eigenvalue weighted by molar-refractivity contribution is -0.117. The molecule has 0 atom stereocenters. The van der Waals surface area contributed by atoms with E-state index in [1.54, 1.807) is 0 Å². The van der Waals surface area contributed by atoms with E-state index < -0.39 is 0 Å². The molecule has 19 heavy (non-hydrogen) atoms. The Balaban J connectivity index is 1.67. The van der Waals surface area contributed by atoms with Gasteiger partial charge < -0.3 is 5.32 Å². The van der Waals surface area contributed by atoms with E-state index >= 15 is 0 Å². The standard InChI is InChI=1S/C17H23NO/c19-17(12-13-6-1-2-7-13)18-16-11-5-9-14-8-3-4-10-15(14)16/h5,9,11,13H,1-4,6-8,10,12H2,(H,18,19). The molecule has 1 amide bonds. The fraction of sp³-hybridized carbons (Fsp3) is 0.588. The van der Waals surface area contributed by atoms with Crippen molar-refractivity contribution in [1.29, 1.82) is 0 Å². The zero-order chi connectivity index (χ0) is 13.1. The Morgan fingerprint density at radius 2 is 1.89 bits per heavy atom. The van der Waals surface area contributed by atoms with E-state index in [0.29, 0.717) is 12.3 Å². The minimum absolute atomic E-state index is 0.214. The van der Waals surface area contributed by atoms with Gasteiger partial charge in [-0.2, -0.15) is 0 Å². The number of carbonyl (C=O) groups is 1. The van der Waals surface area contributed by atoms with E-state index in [1.807, 2.05) is 0 Å². The Hall–Kier alpha value is -1.31. The summed E-state index contributed by atoms with van der Waals surface area (Å²) in [6.45, 7) is 0. The fourth-order valence-electron chi connectivity index (χ4n) is 3.58. The minimum atomic E-state index is 0.214. The molecule has 3 rings (SSSR count). The van der Waals surface area contributed by atoms with E-state index in [2.05, 4.69) is 23.5 Å². The molecule has 0 heterocycles. The molecule has 0 saturated heterocycles. The summed E-state index contributed by atoms with van der Waals surface area (Å²) in [5.41, 5.74) is 3.89. The SMILES string of the molecule is O=C(CC1CCCC1)Nc1cccc2c1CCCC2. The van der Waals surface area contributed by atoms with E-state index in [1.165, 1.54) is 56.1 Å². The van der Waals surface area contributed by atoms with Gasteiger partial charge in [-0.15, -0.1) is 0 Å². The summed E-state index contributed by atoms with van der Waals surface area (Å²) in [5.74, 6) is 0.838. The van der Waals surface area contributed by atoms with Gasteiger partial charge >= 0.3 is 0 Å². The van der Waals surface area contributed by atoms with Crippen LogP contribution in [0, 0.1) is 5.92 Å². The molecule has 0 aliphatic heterocycles. The van der Waals surface area contributed by atoms with Gasteiger partial charge in [0.15, 0.2) is 0 Å². The first kappa shape index (κ1) is 12.7. The van der Waals surface area contributed by atoms with Crippen LogP contribution in [0.15, 0.2) is 18.2 Å². The van der Waals surface area contributed by atoms with Crippen molar-refractivity contribution in [2.24, 2.45) is 5.92 Å². The van der Waals surface area contributed by atoms with Gasteiger partial charge in [0, 0.05) is 12.1 Å². The smallest absolute Gasteiger partial charge is 0.224 e. The number of anilines is 1. The van der Waals surface area contributed by atoms with Gasteiger partial charge in [-0.3, -0.25) is 4.79 Å². The Kier molecular flexibility index (Phi) is 3.86. The largest absolute Gasteiger partial charge is 0.326 e. The highest BCUT2D eigenvalue weighted by atomic mass is 16.1. The van der Waals surface area contributed by atoms with Crippen molar-refractivity contribution in [1.82, 2.24) is 0 Å². The third-order valence-electron chi connectivity index (χ3n) is 4.62. The van der Waals surface area contributed by atoms with Crippen LogP contribution in [-0.2, 0) is 17.6 Å². The van der Waals surface area contributed by atoms with Crippen molar-refractivity contribution in [2.45, 2.75) is 57.8 Å². The number of benzene rings is 1. The molecular formula is C17H23NO. The predicted molar refractivity (Wildman–Crippen MR) is 78.3 cm³/mol. The molecule has 0 bridgehead atoms. The molecular weight excluding hydrogens is 234 g/mol. The van der Waals surface area contributed by atoms with Crippen molar-refractivity contribution < 1.29 is 4.79 Å². The second-order valence-electron chi connectivity index (χ2n) is 6.05. The van der Waals surface area contributed by atoms with Crippen LogP contribution in [0.2, 0.25) is 0 Å². The molecule has 1 fully saturated rings. The number of hydrogen-bond acceptors (Lipinski definition) is 1. The molecule has 2 nitrogen and oxygen atoms in total. The maximum atomic E-state index is 12.1. The van der Waals surface area contributed by atoms with Crippen molar-refractivity contribution in [3.63, 3.8) is 0 Å². The van der Waals surface area contributed by atoms with Crippen LogP contribution >= 0.6 is 0 Å². The van der Waals surface area contributed by atoms with Crippen LogP contribution in [0.25, 0.3) is 0 Å². The molecule has 0 aromatic heterocycles. The minimum Gasteiger partial charge on any atom is -0.326 e. The molecule has 1 N–H and O–H groups in total. The normalized spacial score (nSPS) is 19.2. The first-order valence-corrected chi connectivity index (χ1v) is 7.73. The molecule has 1 aromatic rings. The Morgan fingerprint density at radius 1 is 1.11 bits per heavy atom. The number of aryl methyl sites for hydroxylation is 1. The summed E-state index contributed by atoms with van der Waals surface area (Å²) < 4.78 is 0. The second kappa shape index (κ2) is 5.77. The molecule has 1 aromatic carbocycles. The Bertz CT molecular complexity index is 460. The number of carbonyl (C=O) groups excluding carboxylic acids is 1. The Morgan fingerprint density at radius 3 is 2.74 bits per heavy atom. The van der Waals surface area contributed by atoms with E-state index in [4.69, 9.17) is 0 Å². The first-order chi connectivity index (χ1) is 9.33. The monoisotopic (exact) mass is 257 g/mol. The van der Waals surface area contributed by atoms with E-state index in [9.17, 15) is 4.79 Å². The van der Waals surface area contributed by atoms with Gasteiger partial charge in [-0.25, -0.2) is 0 Å². The quantitative estimate of drug-likeness (QED) is 0.868. The summed E-state index contributed by atoms with van der Waals surface area (Å²) in [5, 5.41) is 3.16. The lowest BCUT2D eigenvalue weighted by Crippen LogP contribution is -2.17. The maximum absolute atomic E-state index is 12.1. The number of fused-ring (bicyclic) bond motifs is 1. The first-order valence-electron chi connectivity index (χ1n) is 7.73. The molecule has 0 unspecified atom stereocenters. The van der Waals surface area contributed by atoms with Gasteiger partial charge in [0.05, 0.1) is 0 Å². The highest BCUT2D eigenvalue weighted by Crippen LogP contribution is 2.30. The lowest BCUT2D eigenvalue weighted by Gasteiger charge is -2.20. The highest BCUT2D eigenvalue weighted by Gasteiger charge is 2.20. The average Bonchev–Trinajstić information content (AvgIpc) is 2.92. The average molecular weight is 257 g/mol. The fourth-order valence-corrected chi connectivity index (χ4v) is 3.58. The van der Waals surface area contributed by atoms with Gasteiger partial charge in [0.1, 0.15) is 0 Å². The van der Waals surface area contributed by atoms with Crippen LogP contribution in [0.3, 0.4) is 0 Å². The van der Waals surface area contributed by atoms with Crippen molar-refractivity contribution in [3.05, 3.63) is 29.3 Å². The van der Waals surface area contributed by atoms with Gasteiger partial charge in [0.25, 0.3) is 0 Å². The molecule has 0 spiro atoms. The number of hydrogen-bond donors (Lipinski definition) is 1. The maximum Gasteiger partial charge on any atom is 0.224 e. The molecule has 2 aliphatic carbocycles. The van der Waals surface area contributed by atoms with Gasteiger partial charge in [0.2, 0.25) is 5.91 Å². The van der Waals surface area contributed by atoms with Crippen molar-refractivity contribution in [3.8, 4) is 0 Å². The van der Waals surface area contributed by atoms with Crippen molar-refractivity contribution in [2.75, 3.05) is 5.32 Å². The van der Waals surface area contributed by atoms with Crippen LogP contribution in [-0.4, -0.2) is 5.91 Å². The lowest BCUT2D eigenvalue weighted by atomic mass is 9.90. The third-order valence-corrected chi connectivity index (χ3v) is 4.62. The zero-order valence-corrected chi connectivity index (χ0v) is 11.6. The summed E-state index contributed by atoms with van der Waals surface area (Å²) in [6, 6.07) is 6.35. The number of amides is 1. The van der Waals surface area contributed by atoms with Gasteiger partial charge in [-0.05, 0) is 61.6 Å². The predicted octanol–water partition coefficient (Wildman–Crippen LogP) is 4.08. The third kappa shape index (κ3) is 2.99. The summed E-state index contributed by atoms with van der Waals surface area (Å²) in [7, 11) is 0. The summed E-state index contributed by atoms with van der Waals surface area (Å²) in [6.07, 6.45) is 10.6. The van der Waals surface area contributed by atoms with Gasteiger partial charge in [-0.1, -0.05) is 25.0 Å². The summed E-state index contributed by atoms with van der Waals surface area (Å²) >= 11 is 0. The highest BCUT2D eigenvalue weighted by molar-refractivity contribution is 5.91. The second-order valence-corrected chi connectivity index (χ2v) is 6.05. The summed E-state index contributed by atoms with van der Waals surface area (Å²) in [4.78, 5) is 12.1. The number of nitrogens with one attached hydrogen (secondary N) is 1. The number of rotatable bonds is 3. The topological polar surface area (TPSA) is 29.1 Å². The van der Waals surface area contributed by atoms with E-state index in [-0.39, 0.29) is 5.91 Å². The zero-order valence-electron chi connectivity index (χ0n) is 11.6. The van der Waals surface area contributed by atoms with Crippen LogP contribution in [0.1, 0.15) is 56.1 Å². The van der Waals surface area contributed by atoms with Crippen LogP contribution in [0.4, 0.5) is 5.69 Å². The molecule has 2 aliphatic rings. The van der Waals surface area contributed by atoms with Crippen LogP contribution < -0.4 is 5.32 Å². The van der Waals surface area contributed by atoms with E-state index in [0.717, 1.165) is 12.1 Å². The van der Waals surface area contributed by atoms with Crippen molar-refractivity contribution >= 4 is 11.6 Å². The van der Waals surface area contributed by atoms with Crippen LogP contribution in [0.5, 0.6) is 0 Å². The Labute approximate surface area is 115 Å². The molecule has 102 valence electrons. The molecule has 1 saturated carbocycles. The molecule has 2 heteroatoms.